The van der Waals surface area contributed by atoms with Gasteiger partial charge in [0, 0.05) is 13.0 Å². The van der Waals surface area contributed by atoms with Crippen LogP contribution in [0.15, 0.2) is 0 Å². The van der Waals surface area contributed by atoms with Gasteiger partial charge in [-0.3, -0.25) is 52.7 Å². The zero-order valence-corrected chi connectivity index (χ0v) is 49.3. The first-order valence-corrected chi connectivity index (χ1v) is 28.7. The lowest BCUT2D eigenvalue weighted by Crippen LogP contribution is -2.62. The number of hydrogen-bond donors (Lipinski definition) is 15. The molecule has 0 spiro atoms. The molecule has 0 radical (unpaired) electrons. The molecule has 1 aliphatic heterocycles. The van der Waals surface area contributed by atoms with E-state index in [4.69, 9.17) is 22.3 Å². The average molecular weight is 1170 g/mol. The highest BCUT2D eigenvalue weighted by atomic mass is 16.4. The van der Waals surface area contributed by atoms with Crippen LogP contribution in [0, 0.1) is 23.7 Å². The first kappa shape index (κ1) is 73.5. The van der Waals surface area contributed by atoms with Crippen LogP contribution in [0.2, 0.25) is 0 Å². The Labute approximate surface area is 480 Å². The standard InChI is InChI=1S/C54H96N12O16/c1-10-30(7)42(63-45(72)33(57)20-21-40(68)69)53(80)66-24-16-19-39(66)51(78)61-36(25-28(3)4)48(75)58-34(17-12-14-22-55)46(73)60-38(27-41(70)71)49(76)59-35(18-13-15-23-56)47(74)65-44(32(9)67)52(79)62-37(26-29(5)6)50(77)64-43(54(81)82)31(8)11-2/h28-39,42-44,67H,10-27,55-57H2,1-9H3,(H,58,75)(H,59,76)(H,60,73)(H,61,78)(H,62,79)(H,63,72)(H,64,77)(H,65,74)(H,68,69)(H,70,71)(H,81,82)/t30-,31-,32+,33-,34-,35-,36-,37-,38-,39-,42-,43-,44-/m0/s1. The van der Waals surface area contributed by atoms with Gasteiger partial charge < -0.3 is 85.1 Å². The molecule has 82 heavy (non-hydrogen) atoms. The summed E-state index contributed by atoms with van der Waals surface area (Å²) >= 11 is 0. The number of nitrogens with one attached hydrogen (secondary N) is 8. The number of carbonyl (C=O) groups is 12. The van der Waals surface area contributed by atoms with Crippen LogP contribution in [0.1, 0.15) is 159 Å². The number of unbranched alkanes of at least 4 members (excludes halogenated alkanes) is 2. The molecule has 0 aromatic carbocycles. The Balaban J connectivity index is 3.51. The molecule has 0 bridgehead atoms. The zero-order valence-electron chi connectivity index (χ0n) is 49.3. The number of aliphatic hydroxyl groups excluding tert-OH is 1. The molecular formula is C54H96N12O16. The Morgan fingerprint density at radius 3 is 1.40 bits per heavy atom. The number of aliphatic carboxylic acids is 3. The second-order valence-corrected chi connectivity index (χ2v) is 22.3. The molecule has 1 fully saturated rings. The van der Waals surface area contributed by atoms with E-state index in [1.165, 1.54) is 11.8 Å². The van der Waals surface area contributed by atoms with Crippen LogP contribution in [0.3, 0.4) is 0 Å². The number of nitrogens with two attached hydrogens (primary N) is 3. The third-order valence-corrected chi connectivity index (χ3v) is 14.3. The third-order valence-electron chi connectivity index (χ3n) is 14.3. The molecule has 1 heterocycles. The normalized spacial score (nSPS) is 17.6. The lowest BCUT2D eigenvalue weighted by molar-refractivity contribution is -0.144. The fourth-order valence-electron chi connectivity index (χ4n) is 9.09. The average Bonchev–Trinajstić information content (AvgIpc) is 3.90. The zero-order chi connectivity index (χ0) is 62.6. The molecule has 28 heteroatoms. The number of carboxylic acids is 3. The molecule has 1 aliphatic rings. The molecule has 0 saturated carbocycles. The monoisotopic (exact) mass is 1170 g/mol. The fraction of sp³-hybridized carbons (Fsp3) is 0.778. The van der Waals surface area contributed by atoms with Gasteiger partial charge in [0.15, 0.2) is 0 Å². The number of likely N-dealkylation sites (tertiary alicyclic amines) is 1. The molecule has 0 unspecified atom stereocenters. The third kappa shape index (κ3) is 25.7. The first-order valence-electron chi connectivity index (χ1n) is 28.7. The molecule has 18 N–H and O–H groups in total. The Bertz CT molecular complexity index is 2150. The van der Waals surface area contributed by atoms with Gasteiger partial charge in [0.05, 0.1) is 18.6 Å². The van der Waals surface area contributed by atoms with Crippen molar-refractivity contribution in [3.05, 3.63) is 0 Å². The lowest BCUT2D eigenvalue weighted by atomic mass is 9.96. The smallest absolute Gasteiger partial charge is 0.326 e. The van der Waals surface area contributed by atoms with Crippen molar-refractivity contribution in [1.29, 1.82) is 0 Å². The SMILES string of the molecule is CC[C@H](C)[C@H](NC(=O)[C@H](CC(C)C)NC(=O)[C@@H](NC(=O)[C@H](CCCCN)NC(=O)[C@H](CC(=O)O)NC(=O)[C@H](CCCCN)NC(=O)[C@H](CC(C)C)NC(=O)[C@@H]1CCCN1C(=O)[C@@H](NC(=O)[C@@H](N)CCC(=O)O)[C@@H](C)CC)[C@@H](C)O)C(=O)O. The summed E-state index contributed by atoms with van der Waals surface area (Å²) in [6.45, 7) is 15.7. The minimum Gasteiger partial charge on any atom is -0.481 e. The predicted molar refractivity (Wildman–Crippen MR) is 300 cm³/mol. The summed E-state index contributed by atoms with van der Waals surface area (Å²) in [5.74, 6) is -13.2. The highest BCUT2D eigenvalue weighted by molar-refractivity contribution is 5.99. The van der Waals surface area contributed by atoms with Gasteiger partial charge in [-0.25, -0.2) is 4.79 Å². The summed E-state index contributed by atoms with van der Waals surface area (Å²) in [6.07, 6.45) is -0.633. The van der Waals surface area contributed by atoms with Gasteiger partial charge in [0.1, 0.15) is 54.4 Å². The second-order valence-electron chi connectivity index (χ2n) is 22.3. The first-order chi connectivity index (χ1) is 38.4. The van der Waals surface area contributed by atoms with E-state index in [1.54, 1.807) is 55.4 Å². The molecule has 468 valence electrons. The minimum atomic E-state index is -1.87. The Morgan fingerprint density at radius 1 is 0.512 bits per heavy atom. The largest absolute Gasteiger partial charge is 0.481 e. The van der Waals surface area contributed by atoms with Crippen LogP contribution < -0.4 is 59.7 Å². The van der Waals surface area contributed by atoms with Crippen LogP contribution in [0.25, 0.3) is 0 Å². The quantitative estimate of drug-likeness (QED) is 0.0308. The van der Waals surface area contributed by atoms with Crippen molar-refractivity contribution < 1.29 is 78.0 Å². The molecule has 28 nitrogen and oxygen atoms in total. The molecule has 0 aromatic heterocycles. The maximum Gasteiger partial charge on any atom is 0.326 e. The van der Waals surface area contributed by atoms with Crippen LogP contribution >= 0.6 is 0 Å². The van der Waals surface area contributed by atoms with Gasteiger partial charge in [-0.05, 0) is 114 Å². The van der Waals surface area contributed by atoms with Gasteiger partial charge in [-0.2, -0.15) is 0 Å². The summed E-state index contributed by atoms with van der Waals surface area (Å²) < 4.78 is 0. The number of hydrogen-bond acceptors (Lipinski definition) is 16. The summed E-state index contributed by atoms with van der Waals surface area (Å²) in [5, 5.41) is 59.8. The van der Waals surface area contributed by atoms with Crippen molar-refractivity contribution in [2.45, 2.75) is 225 Å². The molecule has 9 amide bonds. The highest BCUT2D eigenvalue weighted by Gasteiger charge is 2.42. The number of nitrogens with zero attached hydrogens (tertiary/aromatic N) is 1. The topological polar surface area (TPSA) is 463 Å². The van der Waals surface area contributed by atoms with Crippen molar-refractivity contribution in [1.82, 2.24) is 47.4 Å². The Hall–Kier alpha value is -6.52. The minimum absolute atomic E-state index is 0.0384. The number of rotatable bonds is 40. The van der Waals surface area contributed by atoms with Crippen molar-refractivity contribution in [2.24, 2.45) is 40.9 Å². The Morgan fingerprint density at radius 2 is 0.939 bits per heavy atom. The lowest BCUT2D eigenvalue weighted by Gasteiger charge is -2.33. The highest BCUT2D eigenvalue weighted by Crippen LogP contribution is 2.23. The van der Waals surface area contributed by atoms with E-state index in [2.05, 4.69) is 42.5 Å². The van der Waals surface area contributed by atoms with Gasteiger partial charge in [0.2, 0.25) is 53.2 Å². The summed E-state index contributed by atoms with van der Waals surface area (Å²) in [6, 6.07) is -13.9. The number of amides is 9. The number of carboxylic acid groups (broad SMARTS) is 3. The van der Waals surface area contributed by atoms with Crippen molar-refractivity contribution in [3.8, 4) is 0 Å². The van der Waals surface area contributed by atoms with E-state index in [1.807, 2.05) is 0 Å². The molecule has 0 aromatic rings. The van der Waals surface area contributed by atoms with Crippen molar-refractivity contribution >= 4 is 71.1 Å². The van der Waals surface area contributed by atoms with Gasteiger partial charge in [0.25, 0.3) is 0 Å². The fourth-order valence-corrected chi connectivity index (χ4v) is 9.09. The summed E-state index contributed by atoms with van der Waals surface area (Å²) in [7, 11) is 0. The number of aliphatic hydroxyl groups is 1. The molecule has 13 atom stereocenters. The van der Waals surface area contributed by atoms with E-state index < -0.39 is 156 Å². The van der Waals surface area contributed by atoms with Crippen molar-refractivity contribution in [3.63, 3.8) is 0 Å². The van der Waals surface area contributed by atoms with E-state index in [0.717, 1.165) is 0 Å². The maximum absolute atomic E-state index is 14.3. The predicted octanol–water partition coefficient (Wildman–Crippen LogP) is -1.57. The van der Waals surface area contributed by atoms with E-state index in [9.17, 15) is 72.9 Å². The van der Waals surface area contributed by atoms with Gasteiger partial charge in [-0.15, -0.1) is 0 Å². The van der Waals surface area contributed by atoms with E-state index >= 15 is 0 Å². The summed E-state index contributed by atoms with van der Waals surface area (Å²) in [4.78, 5) is 162. The maximum atomic E-state index is 14.3. The Kier molecular flexibility index (Phi) is 33.7. The molecule has 0 aliphatic carbocycles. The van der Waals surface area contributed by atoms with Crippen molar-refractivity contribution in [2.75, 3.05) is 19.6 Å². The molecule has 1 rings (SSSR count). The van der Waals surface area contributed by atoms with E-state index in [0.29, 0.717) is 32.1 Å². The summed E-state index contributed by atoms with van der Waals surface area (Å²) in [5.41, 5.74) is 17.4. The molecular weight excluding hydrogens is 1070 g/mol. The van der Waals surface area contributed by atoms with Crippen LogP contribution in [0.4, 0.5) is 0 Å². The van der Waals surface area contributed by atoms with Crippen LogP contribution in [-0.2, 0) is 57.5 Å². The van der Waals surface area contributed by atoms with Gasteiger partial charge in [-0.1, -0.05) is 68.2 Å². The van der Waals surface area contributed by atoms with Crippen LogP contribution in [-0.4, -0.2) is 183 Å². The molecule has 1 saturated heterocycles. The number of carbonyl (C=O) groups excluding carboxylic acids is 9. The van der Waals surface area contributed by atoms with Crippen LogP contribution in [0.5, 0.6) is 0 Å². The van der Waals surface area contributed by atoms with Gasteiger partial charge >= 0.3 is 17.9 Å². The van der Waals surface area contributed by atoms with E-state index in [-0.39, 0.29) is 89.3 Å². The second kappa shape index (κ2) is 37.6.